The van der Waals surface area contributed by atoms with Gasteiger partial charge in [0.25, 0.3) is 0 Å². The molecule has 6 rings (SSSR count). The van der Waals surface area contributed by atoms with E-state index in [1.54, 1.807) is 0 Å². The highest BCUT2D eigenvalue weighted by molar-refractivity contribution is 6.21. The first-order chi connectivity index (χ1) is 15.9. The van der Waals surface area contributed by atoms with E-state index in [-0.39, 0.29) is 0 Å². The van der Waals surface area contributed by atoms with Gasteiger partial charge in [-0.15, -0.1) is 0 Å². The van der Waals surface area contributed by atoms with Crippen LogP contribution >= 0.6 is 0 Å². The van der Waals surface area contributed by atoms with Gasteiger partial charge in [0, 0.05) is 17.8 Å². The molecule has 32 heavy (non-hydrogen) atoms. The van der Waals surface area contributed by atoms with E-state index in [9.17, 15) is 0 Å². The molecule has 0 unspecified atom stereocenters. The van der Waals surface area contributed by atoms with Gasteiger partial charge in [0.05, 0.1) is 0 Å². The van der Waals surface area contributed by atoms with Crippen LogP contribution in [0.2, 0.25) is 0 Å². The van der Waals surface area contributed by atoms with Crippen LogP contribution in [-0.2, 0) is 0 Å². The van der Waals surface area contributed by atoms with Crippen molar-refractivity contribution in [2.45, 2.75) is 0 Å². The SMILES string of the molecule is c1ccc(-c2ccc(-c3c4ccccc4c(-c4ccccc4)c4ccncc34)cc2)cc1. The van der Waals surface area contributed by atoms with E-state index in [0.717, 1.165) is 0 Å². The smallest absolute Gasteiger partial charge is 0.0353 e. The molecular formula is C31H21N. The van der Waals surface area contributed by atoms with E-state index in [4.69, 9.17) is 0 Å². The maximum atomic E-state index is 4.51. The van der Waals surface area contributed by atoms with E-state index >= 15 is 0 Å². The first-order valence-corrected chi connectivity index (χ1v) is 10.9. The summed E-state index contributed by atoms with van der Waals surface area (Å²) >= 11 is 0. The Morgan fingerprint density at radius 1 is 0.344 bits per heavy atom. The maximum absolute atomic E-state index is 4.51. The van der Waals surface area contributed by atoms with Gasteiger partial charge in [0.15, 0.2) is 0 Å². The van der Waals surface area contributed by atoms with Crippen LogP contribution in [-0.4, -0.2) is 4.98 Å². The van der Waals surface area contributed by atoms with Gasteiger partial charge >= 0.3 is 0 Å². The summed E-state index contributed by atoms with van der Waals surface area (Å²) in [5, 5.41) is 4.92. The highest BCUT2D eigenvalue weighted by Gasteiger charge is 2.16. The fourth-order valence-corrected chi connectivity index (χ4v) is 4.71. The summed E-state index contributed by atoms with van der Waals surface area (Å²) in [6.45, 7) is 0. The Bertz CT molecular complexity index is 1480. The minimum Gasteiger partial charge on any atom is -0.264 e. The van der Waals surface area contributed by atoms with Crippen LogP contribution in [0.15, 0.2) is 128 Å². The third-order valence-electron chi connectivity index (χ3n) is 6.17. The topological polar surface area (TPSA) is 12.9 Å². The van der Waals surface area contributed by atoms with Crippen molar-refractivity contribution in [3.05, 3.63) is 128 Å². The number of hydrogen-bond acceptors (Lipinski definition) is 1. The second-order valence-electron chi connectivity index (χ2n) is 8.03. The summed E-state index contributed by atoms with van der Waals surface area (Å²) in [6, 6.07) is 40.9. The van der Waals surface area contributed by atoms with Gasteiger partial charge in [-0.2, -0.15) is 0 Å². The van der Waals surface area contributed by atoms with Crippen LogP contribution < -0.4 is 0 Å². The number of aromatic nitrogens is 1. The summed E-state index contributed by atoms with van der Waals surface area (Å²) in [5.74, 6) is 0. The lowest BCUT2D eigenvalue weighted by Gasteiger charge is -2.17. The van der Waals surface area contributed by atoms with Gasteiger partial charge in [0.1, 0.15) is 0 Å². The number of hydrogen-bond donors (Lipinski definition) is 0. The Morgan fingerprint density at radius 3 is 1.44 bits per heavy atom. The average Bonchev–Trinajstić information content (AvgIpc) is 2.88. The monoisotopic (exact) mass is 407 g/mol. The first-order valence-electron chi connectivity index (χ1n) is 10.9. The molecular weight excluding hydrogens is 386 g/mol. The molecule has 150 valence electrons. The number of rotatable bonds is 3. The minimum atomic E-state index is 1.18. The third-order valence-corrected chi connectivity index (χ3v) is 6.17. The lowest BCUT2D eigenvalue weighted by molar-refractivity contribution is 1.37. The van der Waals surface area contributed by atoms with Crippen LogP contribution in [0.1, 0.15) is 0 Å². The van der Waals surface area contributed by atoms with Gasteiger partial charge in [0.2, 0.25) is 0 Å². The zero-order valence-corrected chi connectivity index (χ0v) is 17.6. The molecule has 0 spiro atoms. The molecule has 0 fully saturated rings. The zero-order chi connectivity index (χ0) is 21.3. The molecule has 0 bridgehead atoms. The predicted molar refractivity (Wildman–Crippen MR) is 136 cm³/mol. The fourth-order valence-electron chi connectivity index (χ4n) is 4.71. The van der Waals surface area contributed by atoms with Gasteiger partial charge in [-0.05, 0) is 55.6 Å². The highest BCUT2D eigenvalue weighted by atomic mass is 14.6. The fraction of sp³-hybridized carbons (Fsp3) is 0. The number of pyridine rings is 1. The molecule has 0 saturated carbocycles. The Morgan fingerprint density at radius 2 is 0.781 bits per heavy atom. The molecule has 0 aliphatic heterocycles. The van der Waals surface area contributed by atoms with Crippen molar-refractivity contribution in [2.24, 2.45) is 0 Å². The van der Waals surface area contributed by atoms with Crippen LogP contribution in [0.25, 0.3) is 54.9 Å². The normalized spacial score (nSPS) is 11.1. The summed E-state index contributed by atoms with van der Waals surface area (Å²) in [7, 11) is 0. The van der Waals surface area contributed by atoms with Crippen molar-refractivity contribution < 1.29 is 0 Å². The molecule has 1 nitrogen and oxygen atoms in total. The van der Waals surface area contributed by atoms with Crippen molar-refractivity contribution in [2.75, 3.05) is 0 Å². The van der Waals surface area contributed by atoms with Crippen LogP contribution in [0.5, 0.6) is 0 Å². The van der Waals surface area contributed by atoms with Gasteiger partial charge in [-0.1, -0.05) is 109 Å². The van der Waals surface area contributed by atoms with E-state index in [0.29, 0.717) is 0 Å². The highest BCUT2D eigenvalue weighted by Crippen LogP contribution is 2.43. The van der Waals surface area contributed by atoms with E-state index < -0.39 is 0 Å². The standard InChI is InChI=1S/C31H21N/c1-3-9-22(10-4-1)23-15-17-25(18-16-23)31-27-14-8-7-13-26(27)30(24-11-5-2-6-12-24)28-19-20-32-21-29(28)31/h1-21H. The summed E-state index contributed by atoms with van der Waals surface area (Å²) in [6.07, 6.45) is 3.90. The average molecular weight is 408 g/mol. The summed E-state index contributed by atoms with van der Waals surface area (Å²) in [5.41, 5.74) is 7.40. The molecule has 0 N–H and O–H groups in total. The lowest BCUT2D eigenvalue weighted by Crippen LogP contribution is -1.91. The molecule has 1 aromatic heterocycles. The number of fused-ring (bicyclic) bond motifs is 2. The predicted octanol–water partition coefficient (Wildman–Crippen LogP) is 8.39. The summed E-state index contributed by atoms with van der Waals surface area (Å²) < 4.78 is 0. The second kappa shape index (κ2) is 7.79. The second-order valence-corrected chi connectivity index (χ2v) is 8.03. The molecule has 0 saturated heterocycles. The molecule has 0 atom stereocenters. The van der Waals surface area contributed by atoms with Crippen molar-refractivity contribution in [3.8, 4) is 33.4 Å². The summed E-state index contributed by atoms with van der Waals surface area (Å²) in [4.78, 5) is 4.51. The van der Waals surface area contributed by atoms with Gasteiger partial charge in [-0.3, -0.25) is 4.98 Å². The molecule has 1 heterocycles. The molecule has 0 amide bonds. The third kappa shape index (κ3) is 3.07. The van der Waals surface area contributed by atoms with Crippen LogP contribution in [0.3, 0.4) is 0 Å². The molecule has 0 radical (unpaired) electrons. The van der Waals surface area contributed by atoms with E-state index in [2.05, 4.69) is 120 Å². The van der Waals surface area contributed by atoms with Crippen molar-refractivity contribution in [1.82, 2.24) is 4.98 Å². The van der Waals surface area contributed by atoms with Crippen molar-refractivity contribution >= 4 is 21.5 Å². The lowest BCUT2D eigenvalue weighted by atomic mass is 9.86. The maximum Gasteiger partial charge on any atom is 0.0353 e. The molecule has 0 aliphatic carbocycles. The Labute approximate surface area is 187 Å². The van der Waals surface area contributed by atoms with Crippen LogP contribution in [0.4, 0.5) is 0 Å². The van der Waals surface area contributed by atoms with Crippen LogP contribution in [0, 0.1) is 0 Å². The molecule has 1 heteroatoms. The molecule has 5 aromatic carbocycles. The first kappa shape index (κ1) is 18.5. The Kier molecular flexibility index (Phi) is 4.51. The van der Waals surface area contributed by atoms with Gasteiger partial charge in [-0.25, -0.2) is 0 Å². The van der Waals surface area contributed by atoms with Gasteiger partial charge < -0.3 is 0 Å². The zero-order valence-electron chi connectivity index (χ0n) is 17.6. The largest absolute Gasteiger partial charge is 0.264 e. The number of nitrogens with zero attached hydrogens (tertiary/aromatic N) is 1. The molecule has 6 aromatic rings. The molecule has 0 aliphatic rings. The van der Waals surface area contributed by atoms with E-state index in [1.165, 1.54) is 54.9 Å². The van der Waals surface area contributed by atoms with Crippen molar-refractivity contribution in [1.29, 1.82) is 0 Å². The Balaban J connectivity index is 1.65. The van der Waals surface area contributed by atoms with E-state index in [1.807, 2.05) is 12.4 Å². The van der Waals surface area contributed by atoms with Crippen molar-refractivity contribution in [3.63, 3.8) is 0 Å². The number of benzene rings is 5. The minimum absolute atomic E-state index is 1.18. The quantitative estimate of drug-likeness (QED) is 0.268. The Hall–Kier alpha value is -4.23.